The number of rotatable bonds is 12. The van der Waals surface area contributed by atoms with Crippen LogP contribution < -0.4 is 20.4 Å². The highest BCUT2D eigenvalue weighted by Crippen LogP contribution is 2.38. The summed E-state index contributed by atoms with van der Waals surface area (Å²) in [7, 11) is 0. The van der Waals surface area contributed by atoms with E-state index in [0.29, 0.717) is 91.0 Å². The number of nitrogens with one attached hydrogen (secondary N) is 2. The molecule has 0 spiro atoms. The van der Waals surface area contributed by atoms with Crippen molar-refractivity contribution in [3.8, 4) is 22.8 Å². The van der Waals surface area contributed by atoms with Crippen molar-refractivity contribution in [2.45, 2.75) is 33.6 Å². The number of morpholine rings is 2. The van der Waals surface area contributed by atoms with Crippen LogP contribution in [0.3, 0.4) is 0 Å². The van der Waals surface area contributed by atoms with Crippen LogP contribution in [0.2, 0.25) is 0 Å². The Kier molecular flexibility index (Phi) is 14.3. The fraction of sp³-hybridized carbons (Fsp3) is 0.236. The number of halogens is 2. The van der Waals surface area contributed by atoms with E-state index in [4.69, 9.17) is 14.5 Å². The predicted octanol–water partition coefficient (Wildman–Crippen LogP) is 11.3. The third-order valence-corrected chi connectivity index (χ3v) is 12.4. The molecule has 15 heteroatoms. The highest BCUT2D eigenvalue weighted by atomic mass is 19.1. The van der Waals surface area contributed by atoms with Gasteiger partial charge in [0.2, 0.25) is 0 Å². The van der Waals surface area contributed by atoms with Gasteiger partial charge in [0.05, 0.1) is 77.2 Å². The van der Waals surface area contributed by atoms with Gasteiger partial charge in [-0.05, 0) is 105 Å². The van der Waals surface area contributed by atoms with E-state index >= 15 is 0 Å². The number of aromatic carboxylic acids is 1. The molecule has 3 N–H and O–H groups in total. The minimum atomic E-state index is -1.01. The first-order chi connectivity index (χ1) is 34.0. The number of ketones is 1. The first-order valence-corrected chi connectivity index (χ1v) is 23.3. The van der Waals surface area contributed by atoms with Crippen LogP contribution in [0.4, 0.5) is 42.9 Å². The maximum absolute atomic E-state index is 14.2. The van der Waals surface area contributed by atoms with Crippen LogP contribution in [0.15, 0.2) is 122 Å². The summed E-state index contributed by atoms with van der Waals surface area (Å²) in [5.41, 5.74) is 11.0. The van der Waals surface area contributed by atoms with E-state index in [2.05, 4.69) is 41.5 Å². The number of anilines is 6. The minimum absolute atomic E-state index is 0.114. The molecule has 356 valence electrons. The van der Waals surface area contributed by atoms with E-state index in [1.54, 1.807) is 36.7 Å². The van der Waals surface area contributed by atoms with E-state index in [9.17, 15) is 23.5 Å². The van der Waals surface area contributed by atoms with Crippen molar-refractivity contribution >= 4 is 67.7 Å². The molecule has 70 heavy (non-hydrogen) atoms. The van der Waals surface area contributed by atoms with Crippen LogP contribution in [0, 0.1) is 25.5 Å². The molecule has 2 aliphatic heterocycles. The topological polar surface area (TPSA) is 155 Å². The summed E-state index contributed by atoms with van der Waals surface area (Å²) in [6.07, 6.45) is 4.68. The van der Waals surface area contributed by atoms with Gasteiger partial charge in [0.25, 0.3) is 0 Å². The fourth-order valence-corrected chi connectivity index (χ4v) is 8.81. The molecular formula is C55H52F2N8O5. The third-order valence-electron chi connectivity index (χ3n) is 12.4. The molecule has 13 nitrogen and oxygen atoms in total. The van der Waals surface area contributed by atoms with Gasteiger partial charge in [0, 0.05) is 107 Å². The van der Waals surface area contributed by atoms with Gasteiger partial charge in [0.15, 0.2) is 5.78 Å². The van der Waals surface area contributed by atoms with Crippen LogP contribution in [0.5, 0.6) is 0 Å². The second-order valence-corrected chi connectivity index (χ2v) is 17.1. The SMILES string of the molecule is CCCC(=O)c1cc(Nc2c(C)c(-c3ccccn3)nc3cc(F)ccc23)cc(N2CCOCC2)c1.Cc1c(-c2ccccn2)nc2cc(F)ccc2c1Nc1cc(C(=O)O)cc(N2CCOCC2)c1. The normalized spacial score (nSPS) is 13.7. The average Bonchev–Trinajstić information content (AvgIpc) is 3.39. The number of ether oxygens (including phenoxy) is 2. The van der Waals surface area contributed by atoms with Crippen LogP contribution in [-0.2, 0) is 9.47 Å². The lowest BCUT2D eigenvalue weighted by molar-refractivity contribution is 0.0696. The lowest BCUT2D eigenvalue weighted by Gasteiger charge is -2.29. The van der Waals surface area contributed by atoms with E-state index in [1.807, 2.05) is 75.4 Å². The van der Waals surface area contributed by atoms with Crippen LogP contribution in [-0.4, -0.2) is 89.4 Å². The maximum atomic E-state index is 14.2. The molecule has 2 fully saturated rings. The smallest absolute Gasteiger partial charge is 0.335 e. The Morgan fingerprint density at radius 3 is 1.50 bits per heavy atom. The standard InChI is InChI=1S/C29H29FN4O2.C26H23FN4O3/c1-3-6-27(35)20-15-22(18-23(16-20)34-11-13-36-14-12-34)32-28-19(2)29(25-7-4-5-10-31-25)33-26-17-21(30)8-9-24(26)28;1-16-24(21-6-5-18(27)14-23(21)30-25(16)22-4-2-3-7-28-22)29-19-12-17(26(32)33)13-20(15-19)31-8-10-34-11-9-31/h4-5,7-10,15-18H,3,6,11-14H2,1-2H3,(H,32,33);2-7,12-15H,8-11H2,1H3,(H,29,30)(H,32,33). The number of fused-ring (bicyclic) bond motifs is 2. The molecule has 2 saturated heterocycles. The Balaban J connectivity index is 0.000000174. The summed E-state index contributed by atoms with van der Waals surface area (Å²) in [6.45, 7) is 11.3. The van der Waals surface area contributed by atoms with Crippen LogP contribution in [0.25, 0.3) is 44.6 Å². The molecule has 0 saturated carbocycles. The molecule has 4 aromatic heterocycles. The molecule has 0 amide bonds. The maximum Gasteiger partial charge on any atom is 0.335 e. The zero-order chi connectivity index (χ0) is 48.7. The van der Waals surface area contributed by atoms with Crippen molar-refractivity contribution in [1.29, 1.82) is 0 Å². The number of hydrogen-bond donors (Lipinski definition) is 3. The number of benzene rings is 4. The van der Waals surface area contributed by atoms with E-state index in [1.165, 1.54) is 24.3 Å². The fourth-order valence-electron chi connectivity index (χ4n) is 8.81. The first kappa shape index (κ1) is 47.2. The molecule has 0 radical (unpaired) electrons. The molecule has 0 unspecified atom stereocenters. The quantitative estimate of drug-likeness (QED) is 0.0996. The number of carboxylic acids is 1. The molecule has 8 aromatic rings. The molecule has 0 atom stereocenters. The number of hydrogen-bond acceptors (Lipinski definition) is 12. The molecule has 2 aliphatic rings. The van der Waals surface area contributed by atoms with E-state index in [0.717, 1.165) is 69.8 Å². The van der Waals surface area contributed by atoms with Gasteiger partial charge < -0.3 is 35.0 Å². The van der Waals surface area contributed by atoms with Crippen molar-refractivity contribution in [3.05, 3.63) is 155 Å². The van der Waals surface area contributed by atoms with Gasteiger partial charge in [0.1, 0.15) is 11.6 Å². The molecule has 10 rings (SSSR count). The number of pyridine rings is 4. The average molecular weight is 943 g/mol. The third kappa shape index (κ3) is 10.6. The van der Waals surface area contributed by atoms with Gasteiger partial charge in [-0.2, -0.15) is 0 Å². The minimum Gasteiger partial charge on any atom is -0.478 e. The summed E-state index contributed by atoms with van der Waals surface area (Å²) < 4.78 is 39.2. The second-order valence-electron chi connectivity index (χ2n) is 17.1. The molecule has 0 aliphatic carbocycles. The molecule has 0 bridgehead atoms. The van der Waals surface area contributed by atoms with Crippen LogP contribution >= 0.6 is 0 Å². The first-order valence-electron chi connectivity index (χ1n) is 23.3. The molecule has 4 aromatic carbocycles. The lowest BCUT2D eigenvalue weighted by Crippen LogP contribution is -2.36. The summed E-state index contributed by atoms with van der Waals surface area (Å²) in [6, 6.07) is 31.4. The van der Waals surface area contributed by atoms with Crippen molar-refractivity contribution in [1.82, 2.24) is 19.9 Å². The largest absolute Gasteiger partial charge is 0.478 e. The number of aromatic nitrogens is 4. The summed E-state index contributed by atoms with van der Waals surface area (Å²) in [4.78, 5) is 47.4. The van der Waals surface area contributed by atoms with Gasteiger partial charge in [-0.15, -0.1) is 0 Å². The highest BCUT2D eigenvalue weighted by molar-refractivity contribution is 6.01. The Labute approximate surface area is 404 Å². The number of Topliss-reactive ketones (excluding diaryl/α,β-unsaturated/α-hetero) is 1. The lowest BCUT2D eigenvalue weighted by atomic mass is 10.0. The number of carbonyl (C=O) groups is 2. The highest BCUT2D eigenvalue weighted by Gasteiger charge is 2.21. The summed E-state index contributed by atoms with van der Waals surface area (Å²) >= 11 is 0. The van der Waals surface area contributed by atoms with Crippen LogP contribution in [0.1, 0.15) is 51.6 Å². The Morgan fingerprint density at radius 2 is 1.07 bits per heavy atom. The van der Waals surface area contributed by atoms with Gasteiger partial charge in [-0.1, -0.05) is 19.1 Å². The second kappa shape index (κ2) is 21.2. The van der Waals surface area contributed by atoms with Crippen molar-refractivity contribution in [2.24, 2.45) is 0 Å². The monoisotopic (exact) mass is 942 g/mol. The van der Waals surface area contributed by atoms with Crippen molar-refractivity contribution in [3.63, 3.8) is 0 Å². The van der Waals surface area contributed by atoms with Gasteiger partial charge in [-0.3, -0.25) is 14.8 Å². The molecular weight excluding hydrogens is 891 g/mol. The van der Waals surface area contributed by atoms with Crippen molar-refractivity contribution < 1.29 is 33.0 Å². The Bertz CT molecular complexity index is 3200. The van der Waals surface area contributed by atoms with Gasteiger partial charge in [-0.25, -0.2) is 23.5 Å². The Morgan fingerprint density at radius 1 is 0.614 bits per heavy atom. The van der Waals surface area contributed by atoms with Gasteiger partial charge >= 0.3 is 5.97 Å². The van der Waals surface area contributed by atoms with E-state index < -0.39 is 5.97 Å². The Hall–Kier alpha value is -7.88. The van der Waals surface area contributed by atoms with Crippen molar-refractivity contribution in [2.75, 3.05) is 73.0 Å². The van der Waals surface area contributed by atoms with E-state index in [-0.39, 0.29) is 23.0 Å². The number of carboxylic acid groups (broad SMARTS) is 1. The number of nitrogens with zero attached hydrogens (tertiary/aromatic N) is 6. The predicted molar refractivity (Wildman–Crippen MR) is 271 cm³/mol. The molecule has 6 heterocycles. The number of carbonyl (C=O) groups excluding carboxylic acids is 1. The zero-order valence-corrected chi connectivity index (χ0v) is 39.1. The zero-order valence-electron chi connectivity index (χ0n) is 39.1. The summed E-state index contributed by atoms with van der Waals surface area (Å²) in [5, 5.41) is 18.2. The summed E-state index contributed by atoms with van der Waals surface area (Å²) in [5.74, 6) is -1.63.